The average Bonchev–Trinajstić information content (AvgIpc) is 3.57. The number of anilines is 2. The molecule has 0 radical (unpaired) electrons. The highest BCUT2D eigenvalue weighted by Crippen LogP contribution is 2.35. The normalized spacial score (nSPS) is 18.3. The zero-order valence-electron chi connectivity index (χ0n) is 20.5. The van der Waals surface area contributed by atoms with Gasteiger partial charge in [-0.1, -0.05) is 25.0 Å². The maximum atomic E-state index is 5.32. The first-order chi connectivity index (χ1) is 16.6. The Hall–Kier alpha value is -3.13. The number of benzene rings is 2. The molecule has 8 heteroatoms. The molecule has 8 nitrogen and oxygen atoms in total. The smallest absolute Gasteiger partial charge is 0.173 e. The van der Waals surface area contributed by atoms with Crippen LogP contribution in [0, 0.1) is 0 Å². The van der Waals surface area contributed by atoms with Crippen LogP contribution in [0.5, 0.6) is 5.75 Å². The number of tetrazole rings is 1. The zero-order chi connectivity index (χ0) is 23.5. The molecule has 1 atom stereocenters. The molecule has 1 aliphatic heterocycles. The van der Waals surface area contributed by atoms with E-state index in [1.54, 1.807) is 7.11 Å². The molecule has 0 spiro atoms. The monoisotopic (exact) mass is 461 g/mol. The van der Waals surface area contributed by atoms with Crippen LogP contribution < -0.4 is 14.5 Å². The summed E-state index contributed by atoms with van der Waals surface area (Å²) < 4.78 is 7.44. The van der Waals surface area contributed by atoms with E-state index >= 15 is 0 Å². The van der Waals surface area contributed by atoms with Crippen molar-refractivity contribution in [2.45, 2.75) is 37.8 Å². The largest absolute Gasteiger partial charge is 0.497 e. The number of methoxy groups -OCH3 is 1. The molecule has 0 bridgehead atoms. The fourth-order valence-electron chi connectivity index (χ4n) is 5.30. The van der Waals surface area contributed by atoms with Crippen molar-refractivity contribution in [2.75, 3.05) is 57.2 Å². The maximum Gasteiger partial charge on any atom is 0.173 e. The minimum atomic E-state index is 0.0461. The first kappa shape index (κ1) is 22.7. The molecule has 34 heavy (non-hydrogen) atoms. The third kappa shape index (κ3) is 4.59. The molecule has 0 N–H and O–H groups in total. The number of rotatable bonds is 7. The van der Waals surface area contributed by atoms with Gasteiger partial charge in [-0.2, -0.15) is 0 Å². The highest BCUT2D eigenvalue weighted by molar-refractivity contribution is 5.50. The van der Waals surface area contributed by atoms with Crippen LogP contribution >= 0.6 is 0 Å². The Labute approximate surface area is 202 Å². The van der Waals surface area contributed by atoms with Crippen molar-refractivity contribution in [1.82, 2.24) is 25.1 Å². The van der Waals surface area contributed by atoms with Gasteiger partial charge < -0.3 is 14.5 Å². The molecular formula is C26H35N7O. The van der Waals surface area contributed by atoms with Crippen LogP contribution in [-0.4, -0.2) is 72.5 Å². The Kier molecular flexibility index (Phi) is 6.67. The molecule has 0 amide bonds. The average molecular weight is 462 g/mol. The number of aromatic nitrogens is 4. The molecule has 2 heterocycles. The minimum Gasteiger partial charge on any atom is -0.497 e. The standard InChI is InChI=1S/C26H35N7O/c1-30(2)21-10-8-20(9-11-21)25(26-27-28-29-33(26)23-6-4-5-7-23)32-18-16-31(17-19-32)22-12-14-24(34-3)15-13-22/h8-15,23,25H,4-7,16-19H2,1-3H3/t25-/m0/s1. The lowest BCUT2D eigenvalue weighted by atomic mass is 10.0. The Balaban J connectivity index is 1.40. The lowest BCUT2D eigenvalue weighted by Gasteiger charge is -2.40. The summed E-state index contributed by atoms with van der Waals surface area (Å²) in [5.41, 5.74) is 3.68. The van der Waals surface area contributed by atoms with Gasteiger partial charge in [-0.25, -0.2) is 4.68 Å². The summed E-state index contributed by atoms with van der Waals surface area (Å²) in [6.45, 7) is 3.82. The lowest BCUT2D eigenvalue weighted by molar-refractivity contribution is 0.197. The lowest BCUT2D eigenvalue weighted by Crippen LogP contribution is -2.48. The molecule has 2 aromatic carbocycles. The van der Waals surface area contributed by atoms with E-state index in [2.05, 4.69) is 85.4 Å². The van der Waals surface area contributed by atoms with Crippen LogP contribution in [0.4, 0.5) is 11.4 Å². The van der Waals surface area contributed by atoms with Crippen LogP contribution in [0.3, 0.4) is 0 Å². The van der Waals surface area contributed by atoms with Gasteiger partial charge in [-0.15, -0.1) is 5.10 Å². The van der Waals surface area contributed by atoms with E-state index in [1.165, 1.54) is 29.8 Å². The summed E-state index contributed by atoms with van der Waals surface area (Å²) in [6, 6.07) is 17.7. The van der Waals surface area contributed by atoms with E-state index in [0.717, 1.165) is 50.6 Å². The summed E-state index contributed by atoms with van der Waals surface area (Å²) in [6.07, 6.45) is 4.84. The van der Waals surface area contributed by atoms with E-state index in [1.807, 2.05) is 12.1 Å². The summed E-state index contributed by atoms with van der Waals surface area (Å²) in [7, 11) is 5.86. The second-order valence-corrected chi connectivity index (χ2v) is 9.53. The van der Waals surface area contributed by atoms with Gasteiger partial charge in [0.2, 0.25) is 0 Å². The van der Waals surface area contributed by atoms with E-state index < -0.39 is 0 Å². The van der Waals surface area contributed by atoms with Crippen molar-refractivity contribution in [3.63, 3.8) is 0 Å². The van der Waals surface area contributed by atoms with Gasteiger partial charge in [0, 0.05) is 51.6 Å². The summed E-state index contributed by atoms with van der Waals surface area (Å²) in [5, 5.41) is 13.2. The molecule has 5 rings (SSSR count). The van der Waals surface area contributed by atoms with Crippen molar-refractivity contribution in [3.05, 3.63) is 59.9 Å². The second kappa shape index (κ2) is 10.0. The van der Waals surface area contributed by atoms with Gasteiger partial charge >= 0.3 is 0 Å². The molecule has 2 aliphatic rings. The highest BCUT2D eigenvalue weighted by Gasteiger charge is 2.33. The van der Waals surface area contributed by atoms with Gasteiger partial charge in [0.1, 0.15) is 5.75 Å². The third-order valence-electron chi connectivity index (χ3n) is 7.28. The van der Waals surface area contributed by atoms with E-state index in [9.17, 15) is 0 Å². The fraction of sp³-hybridized carbons (Fsp3) is 0.500. The van der Waals surface area contributed by atoms with Crippen LogP contribution in [0.15, 0.2) is 48.5 Å². The molecule has 1 aromatic heterocycles. The number of hydrogen-bond donors (Lipinski definition) is 0. The van der Waals surface area contributed by atoms with E-state index in [-0.39, 0.29) is 6.04 Å². The Morgan fingerprint density at radius 3 is 2.21 bits per heavy atom. The first-order valence-corrected chi connectivity index (χ1v) is 12.3. The Morgan fingerprint density at radius 1 is 0.912 bits per heavy atom. The fourth-order valence-corrected chi connectivity index (χ4v) is 5.30. The van der Waals surface area contributed by atoms with Crippen molar-refractivity contribution >= 4 is 11.4 Å². The predicted octanol–water partition coefficient (Wildman–Crippen LogP) is 3.77. The van der Waals surface area contributed by atoms with E-state index in [0.29, 0.717) is 6.04 Å². The van der Waals surface area contributed by atoms with Crippen molar-refractivity contribution in [2.24, 2.45) is 0 Å². The van der Waals surface area contributed by atoms with Crippen LogP contribution in [0.1, 0.15) is 49.2 Å². The van der Waals surface area contributed by atoms with Gasteiger partial charge in [-0.05, 0) is 65.2 Å². The summed E-state index contributed by atoms with van der Waals surface area (Å²) in [5.74, 6) is 1.87. The number of nitrogens with zero attached hydrogens (tertiary/aromatic N) is 7. The second-order valence-electron chi connectivity index (χ2n) is 9.53. The van der Waals surface area contributed by atoms with Gasteiger partial charge in [-0.3, -0.25) is 4.90 Å². The van der Waals surface area contributed by atoms with Crippen molar-refractivity contribution in [3.8, 4) is 5.75 Å². The molecule has 180 valence electrons. The summed E-state index contributed by atoms with van der Waals surface area (Å²) >= 11 is 0. The van der Waals surface area contributed by atoms with Crippen LogP contribution in [0.2, 0.25) is 0 Å². The minimum absolute atomic E-state index is 0.0461. The molecule has 1 aliphatic carbocycles. The number of ether oxygens (including phenoxy) is 1. The quantitative estimate of drug-likeness (QED) is 0.531. The number of hydrogen-bond acceptors (Lipinski definition) is 7. The Morgan fingerprint density at radius 2 is 1.59 bits per heavy atom. The van der Waals surface area contributed by atoms with Gasteiger partial charge in [0.25, 0.3) is 0 Å². The van der Waals surface area contributed by atoms with Gasteiger partial charge in [0.05, 0.1) is 19.2 Å². The van der Waals surface area contributed by atoms with Gasteiger partial charge in [0.15, 0.2) is 5.82 Å². The van der Waals surface area contributed by atoms with Crippen LogP contribution in [0.25, 0.3) is 0 Å². The SMILES string of the molecule is COc1ccc(N2CCN([C@@H](c3ccc(N(C)C)cc3)c3nnnn3C3CCCC3)CC2)cc1. The highest BCUT2D eigenvalue weighted by atomic mass is 16.5. The zero-order valence-corrected chi connectivity index (χ0v) is 20.5. The first-order valence-electron chi connectivity index (χ1n) is 12.3. The number of piperazine rings is 1. The topological polar surface area (TPSA) is 62.6 Å². The molecule has 0 unspecified atom stereocenters. The van der Waals surface area contributed by atoms with E-state index in [4.69, 9.17) is 4.74 Å². The summed E-state index contributed by atoms with van der Waals surface area (Å²) in [4.78, 5) is 7.12. The third-order valence-corrected chi connectivity index (χ3v) is 7.28. The van der Waals surface area contributed by atoms with Crippen molar-refractivity contribution in [1.29, 1.82) is 0 Å². The molecule has 1 saturated heterocycles. The van der Waals surface area contributed by atoms with Crippen molar-refractivity contribution < 1.29 is 4.74 Å². The molecule has 2 fully saturated rings. The maximum absolute atomic E-state index is 5.32. The molecule has 3 aromatic rings. The molecule has 1 saturated carbocycles. The molecular weight excluding hydrogens is 426 g/mol. The Bertz CT molecular complexity index is 1050. The predicted molar refractivity (Wildman–Crippen MR) is 135 cm³/mol. The van der Waals surface area contributed by atoms with Crippen LogP contribution in [-0.2, 0) is 0 Å².